The molecule has 258 valence electrons. The molecule has 47 heavy (non-hydrogen) atoms. The first-order valence-electron chi connectivity index (χ1n) is 17.8. The van der Waals surface area contributed by atoms with E-state index in [1.807, 2.05) is 30.3 Å². The lowest BCUT2D eigenvalue weighted by Crippen LogP contribution is -2.48. The summed E-state index contributed by atoms with van der Waals surface area (Å²) in [5.41, 5.74) is 1.29. The van der Waals surface area contributed by atoms with Crippen molar-refractivity contribution in [1.82, 2.24) is 25.7 Å². The van der Waals surface area contributed by atoms with Crippen LogP contribution >= 0.6 is 0 Å². The van der Waals surface area contributed by atoms with E-state index in [1.54, 1.807) is 0 Å². The zero-order chi connectivity index (χ0) is 32.8. The molecular weight excluding hydrogens is 598 g/mol. The van der Waals surface area contributed by atoms with Crippen LogP contribution in [-0.2, 0) is 27.4 Å². The highest BCUT2D eigenvalue weighted by molar-refractivity contribution is 5.98. The number of nitrogens with zero attached hydrogens (tertiary/aromatic N) is 2. The maximum absolute atomic E-state index is 13.7. The highest BCUT2D eigenvalue weighted by atomic mass is 16.5. The number of nitrogens with one attached hydrogen (secondary N) is 3. The summed E-state index contributed by atoms with van der Waals surface area (Å²) in [6, 6.07) is 11.3. The third kappa shape index (κ3) is 10.6. The highest BCUT2D eigenvalue weighted by Crippen LogP contribution is 2.28. The fraction of sp³-hybridized carbons (Fsp3) is 0.667. The maximum atomic E-state index is 13.7. The largest absolute Gasteiger partial charge is 0.395 e. The predicted molar refractivity (Wildman–Crippen MR) is 178 cm³/mol. The Labute approximate surface area is 278 Å². The minimum Gasteiger partial charge on any atom is -0.395 e. The van der Waals surface area contributed by atoms with E-state index in [0.29, 0.717) is 19.1 Å². The molecule has 4 N–H and O–H groups in total. The van der Waals surface area contributed by atoms with Crippen LogP contribution in [-0.4, -0.2) is 77.2 Å². The Bertz CT molecular complexity index is 1280. The first kappa shape index (κ1) is 35.0. The number of rotatable bonds is 15. The maximum Gasteiger partial charge on any atom is 0.271 e. The van der Waals surface area contributed by atoms with Crippen molar-refractivity contribution in [3.63, 3.8) is 0 Å². The van der Waals surface area contributed by atoms with Crippen molar-refractivity contribution in [3.05, 3.63) is 53.3 Å². The van der Waals surface area contributed by atoms with Gasteiger partial charge in [-0.3, -0.25) is 14.4 Å². The number of amides is 3. The normalized spacial score (nSPS) is 23.6. The van der Waals surface area contributed by atoms with Crippen LogP contribution in [0.15, 0.2) is 36.4 Å². The number of hydrogen-bond acceptors (Lipinski definition) is 7. The van der Waals surface area contributed by atoms with Crippen LogP contribution in [0.2, 0.25) is 0 Å². The number of hydrogen-bond donors (Lipinski definition) is 4. The Kier molecular flexibility index (Phi) is 13.7. The summed E-state index contributed by atoms with van der Waals surface area (Å²) in [5.74, 6) is -0.388. The second-order valence-electron chi connectivity index (χ2n) is 13.5. The minimum atomic E-state index is -0.512. The molecule has 0 spiro atoms. The Morgan fingerprint density at radius 1 is 0.830 bits per heavy atom. The molecule has 0 radical (unpaired) electrons. The first-order valence-corrected chi connectivity index (χ1v) is 17.8. The summed E-state index contributed by atoms with van der Waals surface area (Å²) in [6.45, 7) is 1.45. The van der Waals surface area contributed by atoms with Gasteiger partial charge >= 0.3 is 0 Å². The summed E-state index contributed by atoms with van der Waals surface area (Å²) >= 11 is 0. The fourth-order valence-electron chi connectivity index (χ4n) is 7.30. The quantitative estimate of drug-likeness (QED) is 0.227. The van der Waals surface area contributed by atoms with Gasteiger partial charge in [-0.05, 0) is 50.0 Å². The number of benzene rings is 1. The Morgan fingerprint density at radius 2 is 1.55 bits per heavy atom. The van der Waals surface area contributed by atoms with E-state index in [0.717, 1.165) is 63.5 Å². The van der Waals surface area contributed by atoms with Gasteiger partial charge in [-0.2, -0.15) is 5.10 Å². The van der Waals surface area contributed by atoms with Gasteiger partial charge < -0.3 is 30.5 Å². The average Bonchev–Trinajstić information content (AvgIpc) is 3.52. The van der Waals surface area contributed by atoms with Gasteiger partial charge in [0.1, 0.15) is 12.2 Å². The zero-order valence-corrected chi connectivity index (χ0v) is 27.7. The smallest absolute Gasteiger partial charge is 0.271 e. The van der Waals surface area contributed by atoms with E-state index >= 15 is 0 Å². The molecule has 0 saturated heterocycles. The topological polar surface area (TPSA) is 144 Å². The Balaban J connectivity index is 1.22. The summed E-state index contributed by atoms with van der Waals surface area (Å²) in [6.07, 6.45) is 13.9. The highest BCUT2D eigenvalue weighted by Gasteiger charge is 2.31. The van der Waals surface area contributed by atoms with Crippen molar-refractivity contribution in [2.45, 2.75) is 115 Å². The van der Waals surface area contributed by atoms with E-state index in [1.165, 1.54) is 42.9 Å². The lowest BCUT2D eigenvalue weighted by molar-refractivity contribution is -0.123. The van der Waals surface area contributed by atoms with Crippen LogP contribution in [0.4, 0.5) is 0 Å². The lowest BCUT2D eigenvalue weighted by atomic mass is 9.85. The van der Waals surface area contributed by atoms with Gasteiger partial charge in [0.05, 0.1) is 32.0 Å². The summed E-state index contributed by atoms with van der Waals surface area (Å²) in [7, 11) is 0. The van der Waals surface area contributed by atoms with Crippen molar-refractivity contribution < 1.29 is 29.0 Å². The molecule has 1 aromatic carbocycles. The third-order valence-electron chi connectivity index (χ3n) is 9.92. The van der Waals surface area contributed by atoms with Gasteiger partial charge in [0.2, 0.25) is 5.91 Å². The molecule has 0 unspecified atom stereocenters. The molecule has 5 rings (SSSR count). The molecule has 3 fully saturated rings. The van der Waals surface area contributed by atoms with E-state index in [2.05, 4.69) is 21.0 Å². The first-order chi connectivity index (χ1) is 23.0. The third-order valence-corrected chi connectivity index (χ3v) is 9.92. The van der Waals surface area contributed by atoms with Gasteiger partial charge in [-0.1, -0.05) is 75.3 Å². The average molecular weight is 652 g/mol. The lowest BCUT2D eigenvalue weighted by Gasteiger charge is -2.34. The number of ether oxygens (including phenoxy) is 2. The molecule has 3 saturated carbocycles. The SMILES string of the molecule is O=C(Cn1nc(C(=O)NCCO)cc1C(=O)N[C@H]1CCCC[C@@H]1OCC1CCCCC1)N[C@H]1CCCC[C@@H]1COCc1ccccc1. The second kappa shape index (κ2) is 18.3. The second-order valence-corrected chi connectivity index (χ2v) is 13.5. The predicted octanol–water partition coefficient (Wildman–Crippen LogP) is 4.13. The number of carbonyl (C=O) groups is 3. The molecule has 2 aromatic rings. The fourth-order valence-corrected chi connectivity index (χ4v) is 7.30. The van der Waals surface area contributed by atoms with Crippen molar-refractivity contribution in [1.29, 1.82) is 0 Å². The molecule has 3 aliphatic rings. The van der Waals surface area contributed by atoms with Gasteiger partial charge in [0.15, 0.2) is 5.69 Å². The van der Waals surface area contributed by atoms with Gasteiger partial charge in [-0.15, -0.1) is 0 Å². The molecule has 1 aromatic heterocycles. The zero-order valence-electron chi connectivity index (χ0n) is 27.7. The van der Waals surface area contributed by atoms with E-state index in [4.69, 9.17) is 9.47 Å². The number of aromatic nitrogens is 2. The van der Waals surface area contributed by atoms with Gasteiger partial charge in [0.25, 0.3) is 11.8 Å². The van der Waals surface area contributed by atoms with Crippen LogP contribution in [0.1, 0.15) is 110 Å². The minimum absolute atomic E-state index is 0.0231. The molecule has 3 amide bonds. The van der Waals surface area contributed by atoms with Crippen molar-refractivity contribution in [3.8, 4) is 0 Å². The van der Waals surface area contributed by atoms with E-state index < -0.39 is 5.91 Å². The molecule has 0 bridgehead atoms. The monoisotopic (exact) mass is 651 g/mol. The summed E-state index contributed by atoms with van der Waals surface area (Å²) in [4.78, 5) is 39.9. The number of carbonyl (C=O) groups excluding carboxylic acids is 3. The Morgan fingerprint density at radius 3 is 2.34 bits per heavy atom. The molecule has 1 heterocycles. The van der Waals surface area contributed by atoms with Gasteiger partial charge in [0, 0.05) is 31.2 Å². The molecule has 11 heteroatoms. The van der Waals surface area contributed by atoms with Crippen molar-refractivity contribution in [2.75, 3.05) is 26.4 Å². The van der Waals surface area contributed by atoms with Crippen molar-refractivity contribution >= 4 is 17.7 Å². The van der Waals surface area contributed by atoms with E-state index in [-0.39, 0.29) is 67.0 Å². The standard InChI is InChI=1S/C36H53N5O6/c42-20-19-37-35(44)31-21-32(36(45)39-30-17-9-10-18-33(30)47-24-27-13-5-2-6-14-27)41(40-31)22-34(43)38-29-16-8-7-15-28(29)25-46-23-26-11-3-1-4-12-26/h1,3-4,11-12,21,27-30,33,42H,2,5-10,13-20,22-25H2,(H,37,44)(H,38,43)(H,39,45)/t28-,29+,30+,33+/m1/s1. The Hall–Kier alpha value is -3.28. The van der Waals surface area contributed by atoms with Crippen LogP contribution in [0.5, 0.6) is 0 Å². The summed E-state index contributed by atoms with van der Waals surface area (Å²) in [5, 5.41) is 22.5. The molecule has 0 aliphatic heterocycles. The van der Waals surface area contributed by atoms with Crippen molar-refractivity contribution in [2.24, 2.45) is 11.8 Å². The van der Waals surface area contributed by atoms with E-state index in [9.17, 15) is 19.5 Å². The van der Waals surface area contributed by atoms with Crippen LogP contribution in [0, 0.1) is 11.8 Å². The summed E-state index contributed by atoms with van der Waals surface area (Å²) < 4.78 is 13.8. The molecular formula is C36H53N5O6. The van der Waals surface area contributed by atoms with Crippen LogP contribution < -0.4 is 16.0 Å². The molecule has 11 nitrogen and oxygen atoms in total. The van der Waals surface area contributed by atoms with Gasteiger partial charge in [-0.25, -0.2) is 4.68 Å². The van der Waals surface area contributed by atoms with Crippen LogP contribution in [0.3, 0.4) is 0 Å². The van der Waals surface area contributed by atoms with Crippen LogP contribution in [0.25, 0.3) is 0 Å². The number of aliphatic hydroxyl groups is 1. The molecule has 4 atom stereocenters. The molecule has 3 aliphatic carbocycles. The number of aliphatic hydroxyl groups excluding tert-OH is 1.